The molecule has 1 unspecified atom stereocenters. The minimum absolute atomic E-state index is 0.0455. The zero-order valence-electron chi connectivity index (χ0n) is 12.9. The molecule has 1 amide bonds. The molecule has 0 aliphatic rings. The van der Waals surface area contributed by atoms with Crippen molar-refractivity contribution >= 4 is 17.7 Å². The molecule has 0 aromatic heterocycles. The van der Waals surface area contributed by atoms with Gasteiger partial charge in [-0.2, -0.15) is 0 Å². The van der Waals surface area contributed by atoms with Crippen LogP contribution in [0, 0.1) is 12.8 Å². The molecule has 0 aliphatic carbocycles. The van der Waals surface area contributed by atoms with E-state index in [1.807, 2.05) is 19.1 Å². The number of nitrogens with two attached hydrogens (primary N) is 1. The molecule has 1 aromatic rings. The lowest BCUT2D eigenvalue weighted by Gasteiger charge is -2.31. The highest BCUT2D eigenvalue weighted by Crippen LogP contribution is 2.19. The van der Waals surface area contributed by atoms with Crippen molar-refractivity contribution in [1.82, 2.24) is 5.32 Å². The molecule has 0 aliphatic heterocycles. The van der Waals surface area contributed by atoms with Crippen LogP contribution in [0.2, 0.25) is 0 Å². The molecular formula is C16H26N2OS. The SMILES string of the molecule is Cc1ccc(SCC(=O)NC(C)(CN)CC(C)C)cc1. The van der Waals surface area contributed by atoms with Crippen LogP contribution in [0.4, 0.5) is 0 Å². The third-order valence-electron chi connectivity index (χ3n) is 3.14. The number of hydrogen-bond acceptors (Lipinski definition) is 3. The van der Waals surface area contributed by atoms with Crippen LogP contribution in [0.25, 0.3) is 0 Å². The first-order chi connectivity index (χ1) is 9.34. The Bertz CT molecular complexity index is 431. The van der Waals surface area contributed by atoms with Gasteiger partial charge in [-0.1, -0.05) is 31.5 Å². The van der Waals surface area contributed by atoms with Gasteiger partial charge in [0.05, 0.1) is 5.75 Å². The summed E-state index contributed by atoms with van der Waals surface area (Å²) < 4.78 is 0. The van der Waals surface area contributed by atoms with E-state index in [0.717, 1.165) is 11.3 Å². The predicted octanol–water partition coefficient (Wildman–Crippen LogP) is 2.97. The maximum absolute atomic E-state index is 12.1. The third kappa shape index (κ3) is 5.97. The number of aryl methyl sites for hydroxylation is 1. The molecule has 1 atom stereocenters. The zero-order valence-corrected chi connectivity index (χ0v) is 13.7. The Balaban J connectivity index is 2.48. The second-order valence-electron chi connectivity index (χ2n) is 6.01. The van der Waals surface area contributed by atoms with E-state index >= 15 is 0 Å². The molecule has 0 fully saturated rings. The Morgan fingerprint density at radius 2 is 1.95 bits per heavy atom. The molecule has 0 saturated heterocycles. The van der Waals surface area contributed by atoms with Gasteiger partial charge in [-0.05, 0) is 38.3 Å². The van der Waals surface area contributed by atoms with Gasteiger partial charge in [0.25, 0.3) is 0 Å². The molecular weight excluding hydrogens is 268 g/mol. The number of hydrogen-bond donors (Lipinski definition) is 2. The fourth-order valence-electron chi connectivity index (χ4n) is 2.24. The largest absolute Gasteiger partial charge is 0.349 e. The van der Waals surface area contributed by atoms with E-state index in [1.54, 1.807) is 11.8 Å². The summed E-state index contributed by atoms with van der Waals surface area (Å²) in [5, 5.41) is 3.07. The highest BCUT2D eigenvalue weighted by atomic mass is 32.2. The number of benzene rings is 1. The topological polar surface area (TPSA) is 55.1 Å². The van der Waals surface area contributed by atoms with Gasteiger partial charge < -0.3 is 11.1 Å². The van der Waals surface area contributed by atoms with Crippen molar-refractivity contribution in [3.8, 4) is 0 Å². The van der Waals surface area contributed by atoms with Crippen molar-refractivity contribution in [2.45, 2.75) is 44.6 Å². The highest BCUT2D eigenvalue weighted by Gasteiger charge is 2.25. The number of carbonyl (C=O) groups excluding carboxylic acids is 1. The lowest BCUT2D eigenvalue weighted by Crippen LogP contribution is -2.52. The quantitative estimate of drug-likeness (QED) is 0.760. The number of rotatable bonds is 7. The van der Waals surface area contributed by atoms with Gasteiger partial charge in [0.1, 0.15) is 0 Å². The maximum Gasteiger partial charge on any atom is 0.230 e. The molecule has 4 heteroatoms. The molecule has 1 aromatic carbocycles. The van der Waals surface area contributed by atoms with Crippen molar-refractivity contribution < 1.29 is 4.79 Å². The first-order valence-electron chi connectivity index (χ1n) is 7.05. The molecule has 0 spiro atoms. The number of thioether (sulfide) groups is 1. The van der Waals surface area contributed by atoms with Crippen LogP contribution in [0.3, 0.4) is 0 Å². The van der Waals surface area contributed by atoms with Crippen LogP contribution in [-0.4, -0.2) is 23.7 Å². The smallest absolute Gasteiger partial charge is 0.230 e. The molecule has 3 N–H and O–H groups in total. The Kier molecular flexibility index (Phi) is 6.56. The minimum atomic E-state index is -0.306. The first-order valence-corrected chi connectivity index (χ1v) is 8.04. The van der Waals surface area contributed by atoms with Gasteiger partial charge in [0.15, 0.2) is 0 Å². The zero-order chi connectivity index (χ0) is 15.2. The van der Waals surface area contributed by atoms with Gasteiger partial charge >= 0.3 is 0 Å². The highest BCUT2D eigenvalue weighted by molar-refractivity contribution is 8.00. The van der Waals surface area contributed by atoms with Crippen molar-refractivity contribution in [1.29, 1.82) is 0 Å². The summed E-state index contributed by atoms with van der Waals surface area (Å²) in [5.41, 5.74) is 6.73. The van der Waals surface area contributed by atoms with Gasteiger partial charge in [-0.25, -0.2) is 0 Å². The number of nitrogens with one attached hydrogen (secondary N) is 1. The van der Waals surface area contributed by atoms with Gasteiger partial charge in [-0.3, -0.25) is 4.79 Å². The fourth-order valence-corrected chi connectivity index (χ4v) is 2.94. The van der Waals surface area contributed by atoms with Gasteiger partial charge in [-0.15, -0.1) is 11.8 Å². The van der Waals surface area contributed by atoms with Gasteiger partial charge in [0, 0.05) is 17.0 Å². The average molecular weight is 294 g/mol. The summed E-state index contributed by atoms with van der Waals surface area (Å²) in [6.07, 6.45) is 0.893. The lowest BCUT2D eigenvalue weighted by atomic mass is 9.91. The fraction of sp³-hybridized carbons (Fsp3) is 0.562. The van der Waals surface area contributed by atoms with E-state index in [1.165, 1.54) is 5.56 Å². The Hall–Kier alpha value is -1.00. The molecule has 0 saturated carbocycles. The van der Waals surface area contributed by atoms with Crippen LogP contribution in [0.5, 0.6) is 0 Å². The Labute approximate surface area is 126 Å². The molecule has 0 heterocycles. The van der Waals surface area contributed by atoms with E-state index in [-0.39, 0.29) is 11.4 Å². The monoisotopic (exact) mass is 294 g/mol. The van der Waals surface area contributed by atoms with Crippen LogP contribution in [0.15, 0.2) is 29.2 Å². The molecule has 1 rings (SSSR count). The second-order valence-corrected chi connectivity index (χ2v) is 7.06. The van der Waals surface area contributed by atoms with Crippen molar-refractivity contribution in [2.24, 2.45) is 11.7 Å². The molecule has 20 heavy (non-hydrogen) atoms. The standard InChI is InChI=1S/C16H26N2OS/c1-12(2)9-16(4,11-17)18-15(19)10-20-14-7-5-13(3)6-8-14/h5-8,12H,9-11,17H2,1-4H3,(H,18,19). The average Bonchev–Trinajstić information content (AvgIpc) is 2.37. The Morgan fingerprint density at radius 3 is 2.45 bits per heavy atom. The first kappa shape index (κ1) is 17.1. The number of carbonyl (C=O) groups is 1. The third-order valence-corrected chi connectivity index (χ3v) is 4.15. The molecule has 112 valence electrons. The van der Waals surface area contributed by atoms with Crippen LogP contribution < -0.4 is 11.1 Å². The van der Waals surface area contributed by atoms with Crippen molar-refractivity contribution in [3.05, 3.63) is 29.8 Å². The second kappa shape index (κ2) is 7.70. The minimum Gasteiger partial charge on any atom is -0.349 e. The molecule has 0 bridgehead atoms. The number of amides is 1. The summed E-state index contributed by atoms with van der Waals surface area (Å²) >= 11 is 1.55. The summed E-state index contributed by atoms with van der Waals surface area (Å²) in [5.74, 6) is 0.981. The van der Waals surface area contributed by atoms with Crippen LogP contribution in [0.1, 0.15) is 32.8 Å². The van der Waals surface area contributed by atoms with Crippen molar-refractivity contribution in [3.63, 3.8) is 0 Å². The van der Waals surface area contributed by atoms with E-state index in [2.05, 4.69) is 38.2 Å². The maximum atomic E-state index is 12.1. The van der Waals surface area contributed by atoms with E-state index in [4.69, 9.17) is 5.73 Å². The summed E-state index contributed by atoms with van der Waals surface area (Å²) in [7, 11) is 0. The molecule has 0 radical (unpaired) electrons. The summed E-state index contributed by atoms with van der Waals surface area (Å²) in [6.45, 7) is 8.82. The van der Waals surface area contributed by atoms with Crippen molar-refractivity contribution in [2.75, 3.05) is 12.3 Å². The van der Waals surface area contributed by atoms with Gasteiger partial charge in [0.2, 0.25) is 5.91 Å². The van der Waals surface area contributed by atoms with E-state index in [0.29, 0.717) is 18.2 Å². The normalized spacial score (nSPS) is 14.1. The lowest BCUT2D eigenvalue weighted by molar-refractivity contribution is -0.120. The Morgan fingerprint density at radius 1 is 1.35 bits per heavy atom. The summed E-state index contributed by atoms with van der Waals surface area (Å²) in [6, 6.07) is 8.21. The van der Waals surface area contributed by atoms with E-state index in [9.17, 15) is 4.79 Å². The molecule has 3 nitrogen and oxygen atoms in total. The van der Waals surface area contributed by atoms with Crippen LogP contribution in [-0.2, 0) is 4.79 Å². The predicted molar refractivity (Wildman–Crippen MR) is 87.0 cm³/mol. The summed E-state index contributed by atoms with van der Waals surface area (Å²) in [4.78, 5) is 13.2. The van der Waals surface area contributed by atoms with Crippen LogP contribution >= 0.6 is 11.8 Å². The van der Waals surface area contributed by atoms with E-state index < -0.39 is 0 Å².